The van der Waals surface area contributed by atoms with Crippen molar-refractivity contribution in [3.05, 3.63) is 28.2 Å². The summed E-state index contributed by atoms with van der Waals surface area (Å²) in [7, 11) is 0. The van der Waals surface area contributed by atoms with E-state index in [-0.39, 0.29) is 0 Å². The third kappa shape index (κ3) is 2.27. The first kappa shape index (κ1) is 12.0. The molecular weight excluding hydrogens is 290 g/mol. The molecule has 0 N–H and O–H groups in total. The highest BCUT2D eigenvalue weighted by Crippen LogP contribution is 2.48. The fourth-order valence-corrected chi connectivity index (χ4v) is 3.85. The van der Waals surface area contributed by atoms with Gasteiger partial charge in [0.1, 0.15) is 11.8 Å². The lowest BCUT2D eigenvalue weighted by Gasteiger charge is -2.22. The van der Waals surface area contributed by atoms with Crippen LogP contribution < -0.4 is 4.74 Å². The van der Waals surface area contributed by atoms with Crippen molar-refractivity contribution in [1.29, 1.82) is 5.26 Å². The third-order valence-corrected chi connectivity index (χ3v) is 4.89. The molecule has 3 unspecified atom stereocenters. The second-order valence-corrected chi connectivity index (χ2v) is 6.41. The first-order valence-electron chi connectivity index (χ1n) is 6.58. The second-order valence-electron chi connectivity index (χ2n) is 5.50. The van der Waals surface area contributed by atoms with E-state index in [0.717, 1.165) is 28.7 Å². The minimum absolute atomic E-state index is 0.618. The van der Waals surface area contributed by atoms with Crippen LogP contribution in [0.2, 0.25) is 0 Å². The van der Waals surface area contributed by atoms with Crippen LogP contribution in [0.4, 0.5) is 0 Å². The Kier molecular flexibility index (Phi) is 3.30. The van der Waals surface area contributed by atoms with Crippen LogP contribution in [-0.2, 0) is 0 Å². The minimum Gasteiger partial charge on any atom is -0.492 e. The van der Waals surface area contributed by atoms with Gasteiger partial charge in [0.15, 0.2) is 0 Å². The van der Waals surface area contributed by atoms with Crippen LogP contribution in [0.15, 0.2) is 22.7 Å². The van der Waals surface area contributed by atoms with Gasteiger partial charge in [0, 0.05) is 4.47 Å². The Balaban J connectivity index is 1.65. The molecule has 2 bridgehead atoms. The van der Waals surface area contributed by atoms with E-state index in [1.807, 2.05) is 18.2 Å². The van der Waals surface area contributed by atoms with Gasteiger partial charge in [0.2, 0.25) is 0 Å². The highest BCUT2D eigenvalue weighted by atomic mass is 79.9. The molecule has 2 nitrogen and oxygen atoms in total. The summed E-state index contributed by atoms with van der Waals surface area (Å²) in [4.78, 5) is 0. The topological polar surface area (TPSA) is 33.0 Å². The summed E-state index contributed by atoms with van der Waals surface area (Å²) in [6.07, 6.45) is 5.52. The van der Waals surface area contributed by atoms with Crippen molar-refractivity contribution in [2.24, 2.45) is 17.8 Å². The quantitative estimate of drug-likeness (QED) is 0.841. The van der Waals surface area contributed by atoms with E-state index < -0.39 is 0 Å². The summed E-state index contributed by atoms with van der Waals surface area (Å²) in [6.45, 7) is 0.775. The van der Waals surface area contributed by atoms with E-state index in [4.69, 9.17) is 10.00 Å². The van der Waals surface area contributed by atoms with Crippen LogP contribution in [0, 0.1) is 29.1 Å². The van der Waals surface area contributed by atoms with Gasteiger partial charge in [-0.25, -0.2) is 0 Å². The lowest BCUT2D eigenvalue weighted by Crippen LogP contribution is -2.18. The Morgan fingerprint density at radius 1 is 1.33 bits per heavy atom. The fraction of sp³-hybridized carbons (Fsp3) is 0.533. The van der Waals surface area contributed by atoms with Crippen molar-refractivity contribution in [2.45, 2.75) is 25.7 Å². The maximum atomic E-state index is 9.09. The van der Waals surface area contributed by atoms with Crippen LogP contribution in [0.5, 0.6) is 5.75 Å². The van der Waals surface area contributed by atoms with E-state index >= 15 is 0 Å². The first-order chi connectivity index (χ1) is 8.76. The van der Waals surface area contributed by atoms with Gasteiger partial charge < -0.3 is 4.74 Å². The van der Waals surface area contributed by atoms with Crippen molar-refractivity contribution in [1.82, 2.24) is 0 Å². The number of nitriles is 1. The van der Waals surface area contributed by atoms with Gasteiger partial charge in [-0.2, -0.15) is 5.26 Å². The molecule has 94 valence electrons. The number of fused-ring (bicyclic) bond motifs is 2. The lowest BCUT2D eigenvalue weighted by atomic mass is 9.89. The van der Waals surface area contributed by atoms with Crippen LogP contribution >= 0.6 is 15.9 Å². The van der Waals surface area contributed by atoms with Crippen molar-refractivity contribution in [2.75, 3.05) is 6.61 Å². The largest absolute Gasteiger partial charge is 0.492 e. The zero-order valence-corrected chi connectivity index (χ0v) is 11.8. The molecule has 1 aromatic rings. The van der Waals surface area contributed by atoms with E-state index in [9.17, 15) is 0 Å². The van der Waals surface area contributed by atoms with Crippen molar-refractivity contribution >= 4 is 15.9 Å². The molecule has 18 heavy (non-hydrogen) atoms. The molecule has 2 aliphatic rings. The average Bonchev–Trinajstić information content (AvgIpc) is 2.99. The predicted molar refractivity (Wildman–Crippen MR) is 73.3 cm³/mol. The molecule has 0 aromatic heterocycles. The van der Waals surface area contributed by atoms with Crippen LogP contribution in [-0.4, -0.2) is 6.61 Å². The molecule has 2 aliphatic carbocycles. The van der Waals surface area contributed by atoms with Crippen molar-refractivity contribution in [3.63, 3.8) is 0 Å². The maximum Gasteiger partial charge on any atom is 0.137 e. The average molecular weight is 306 g/mol. The summed E-state index contributed by atoms with van der Waals surface area (Å²) in [6, 6.07) is 7.82. The van der Waals surface area contributed by atoms with Crippen LogP contribution in [0.25, 0.3) is 0 Å². The smallest absolute Gasteiger partial charge is 0.137 e. The Morgan fingerprint density at radius 3 is 2.89 bits per heavy atom. The standard InChI is InChI=1S/C15H16BrNO/c16-14-3-4-15(12(7-14)8-17)18-9-13-6-10-1-2-11(13)5-10/h3-4,7,10-11,13H,1-2,5-6,9H2. The zero-order valence-electron chi connectivity index (χ0n) is 10.2. The number of halogens is 1. The van der Waals surface area contributed by atoms with Crippen molar-refractivity contribution in [3.8, 4) is 11.8 Å². The van der Waals surface area contributed by atoms with Gasteiger partial charge >= 0.3 is 0 Å². The zero-order chi connectivity index (χ0) is 12.5. The van der Waals surface area contributed by atoms with E-state index in [0.29, 0.717) is 11.5 Å². The number of benzene rings is 1. The van der Waals surface area contributed by atoms with E-state index in [1.54, 1.807) is 0 Å². The third-order valence-electron chi connectivity index (χ3n) is 4.40. The highest BCUT2D eigenvalue weighted by molar-refractivity contribution is 9.10. The van der Waals surface area contributed by atoms with Gasteiger partial charge in [-0.1, -0.05) is 22.4 Å². The Bertz CT molecular complexity index is 494. The number of nitrogens with zero attached hydrogens (tertiary/aromatic N) is 1. The second kappa shape index (κ2) is 4.93. The molecule has 0 heterocycles. The molecule has 0 aliphatic heterocycles. The first-order valence-corrected chi connectivity index (χ1v) is 7.38. The number of hydrogen-bond donors (Lipinski definition) is 0. The monoisotopic (exact) mass is 305 g/mol. The van der Waals surface area contributed by atoms with E-state index in [2.05, 4.69) is 22.0 Å². The molecule has 3 heteroatoms. The molecular formula is C15H16BrNO. The Hall–Kier alpha value is -1.01. The fourth-order valence-electron chi connectivity index (χ4n) is 3.49. The lowest BCUT2D eigenvalue weighted by molar-refractivity contribution is 0.195. The molecule has 2 fully saturated rings. The number of rotatable bonds is 3. The molecule has 2 saturated carbocycles. The molecule has 0 amide bonds. The molecule has 0 spiro atoms. The van der Waals surface area contributed by atoms with Gasteiger partial charge in [0.05, 0.1) is 12.2 Å². The van der Waals surface area contributed by atoms with Crippen molar-refractivity contribution < 1.29 is 4.74 Å². The van der Waals surface area contributed by atoms with Gasteiger partial charge in [-0.3, -0.25) is 0 Å². The van der Waals surface area contributed by atoms with Crippen LogP contribution in [0.1, 0.15) is 31.2 Å². The summed E-state index contributed by atoms with van der Waals surface area (Å²) in [5, 5.41) is 9.09. The molecule has 1 aromatic carbocycles. The number of ether oxygens (including phenoxy) is 1. The molecule has 3 atom stereocenters. The van der Waals surface area contributed by atoms with Gasteiger partial charge in [-0.05, 0) is 55.2 Å². The minimum atomic E-state index is 0.618. The summed E-state index contributed by atoms with van der Waals surface area (Å²) in [5.41, 5.74) is 0.618. The van der Waals surface area contributed by atoms with E-state index in [1.165, 1.54) is 25.7 Å². The summed E-state index contributed by atoms with van der Waals surface area (Å²) >= 11 is 3.37. The molecule has 3 rings (SSSR count). The summed E-state index contributed by atoms with van der Waals surface area (Å²) in [5.74, 6) is 3.25. The predicted octanol–water partition coefficient (Wildman–Crippen LogP) is 4.14. The highest BCUT2D eigenvalue weighted by Gasteiger charge is 2.39. The van der Waals surface area contributed by atoms with Gasteiger partial charge in [0.25, 0.3) is 0 Å². The SMILES string of the molecule is N#Cc1cc(Br)ccc1OCC1CC2CCC1C2. The Labute approximate surface area is 116 Å². The maximum absolute atomic E-state index is 9.09. The summed E-state index contributed by atoms with van der Waals surface area (Å²) < 4.78 is 6.80. The van der Waals surface area contributed by atoms with Gasteiger partial charge in [-0.15, -0.1) is 0 Å². The Morgan fingerprint density at radius 2 is 2.22 bits per heavy atom. The normalized spacial score (nSPS) is 29.2. The number of hydrogen-bond acceptors (Lipinski definition) is 2. The van der Waals surface area contributed by atoms with Crippen LogP contribution in [0.3, 0.4) is 0 Å². The molecule has 0 radical (unpaired) electrons. The molecule has 0 saturated heterocycles.